The summed E-state index contributed by atoms with van der Waals surface area (Å²) in [6.07, 6.45) is 3.95. The summed E-state index contributed by atoms with van der Waals surface area (Å²) in [5.74, 6) is -0.433. The van der Waals surface area contributed by atoms with Gasteiger partial charge in [0.25, 0.3) is 0 Å². The van der Waals surface area contributed by atoms with Crippen LogP contribution in [-0.2, 0) is 23.2 Å². The van der Waals surface area contributed by atoms with Crippen molar-refractivity contribution in [2.24, 2.45) is 18.7 Å². The van der Waals surface area contributed by atoms with E-state index in [1.165, 1.54) is 0 Å². The highest BCUT2D eigenvalue weighted by molar-refractivity contribution is 5.81. The van der Waals surface area contributed by atoms with Crippen molar-refractivity contribution in [3.63, 3.8) is 0 Å². The number of hydrogen-bond acceptors (Lipinski definition) is 4. The summed E-state index contributed by atoms with van der Waals surface area (Å²) < 4.78 is 1.75. The van der Waals surface area contributed by atoms with Crippen LogP contribution in [0.5, 0.6) is 0 Å². The first kappa shape index (κ1) is 18.1. The van der Waals surface area contributed by atoms with Crippen molar-refractivity contribution in [3.8, 4) is 0 Å². The highest BCUT2D eigenvalue weighted by Gasteiger charge is 2.37. The molecule has 2 heterocycles. The molecule has 2 amide bonds. The zero-order valence-electron chi connectivity index (χ0n) is 15.0. The van der Waals surface area contributed by atoms with Gasteiger partial charge in [0.15, 0.2) is 0 Å². The molecule has 3 N–H and O–H groups in total. The summed E-state index contributed by atoms with van der Waals surface area (Å²) in [4.78, 5) is 26.3. The molecule has 7 heteroatoms. The van der Waals surface area contributed by atoms with E-state index in [9.17, 15) is 9.59 Å². The lowest BCUT2D eigenvalue weighted by molar-refractivity contribution is -0.136. The molecule has 1 aromatic heterocycles. The Bertz CT molecular complexity index is 758. The van der Waals surface area contributed by atoms with Gasteiger partial charge in [0.05, 0.1) is 12.1 Å². The average molecular weight is 355 g/mol. The number of amides is 2. The number of carbonyl (C=O) groups is 2. The number of nitrogens with one attached hydrogen (secondary N) is 1. The molecule has 3 rings (SSSR count). The molecule has 2 aromatic rings. The van der Waals surface area contributed by atoms with Crippen LogP contribution in [0, 0.1) is 5.92 Å². The lowest BCUT2D eigenvalue weighted by Crippen LogP contribution is -2.40. The quantitative estimate of drug-likeness (QED) is 0.762. The summed E-state index contributed by atoms with van der Waals surface area (Å²) in [6, 6.07) is 9.80. The van der Waals surface area contributed by atoms with Crippen LogP contribution in [-0.4, -0.2) is 46.1 Å². The third-order valence-corrected chi connectivity index (χ3v) is 4.84. The lowest BCUT2D eigenvalue weighted by atomic mass is 9.89. The Hall–Kier alpha value is -2.67. The fourth-order valence-electron chi connectivity index (χ4n) is 3.47. The summed E-state index contributed by atoms with van der Waals surface area (Å²) in [5, 5.41) is 7.55. The molecule has 7 nitrogen and oxygen atoms in total. The number of benzene rings is 1. The summed E-state index contributed by atoms with van der Waals surface area (Å²) in [5.41, 5.74) is 7.41. The van der Waals surface area contributed by atoms with Crippen molar-refractivity contribution in [1.82, 2.24) is 20.0 Å². The predicted molar refractivity (Wildman–Crippen MR) is 98.0 cm³/mol. The standard InChI is InChI=1S/C19H25N5O2/c1-23-13-15(9-22-23)16-10-21-11-17(16)19(26)24(8-7-18(20)25)12-14-5-3-2-4-6-14/h2-6,9,13,16-17,21H,7-8,10-12H2,1H3,(H2,20,25)/t16-,17+/m1/s1. The molecule has 0 aliphatic carbocycles. The first-order chi connectivity index (χ1) is 12.5. The molecule has 2 atom stereocenters. The number of primary amides is 1. The van der Waals surface area contributed by atoms with Crippen LogP contribution in [0.1, 0.15) is 23.5 Å². The monoisotopic (exact) mass is 355 g/mol. The number of nitrogens with zero attached hydrogens (tertiary/aromatic N) is 3. The minimum atomic E-state index is -0.399. The van der Waals surface area contributed by atoms with E-state index in [-0.39, 0.29) is 24.2 Å². The van der Waals surface area contributed by atoms with Crippen LogP contribution in [0.3, 0.4) is 0 Å². The van der Waals surface area contributed by atoms with Crippen molar-refractivity contribution >= 4 is 11.8 Å². The van der Waals surface area contributed by atoms with Crippen LogP contribution in [0.25, 0.3) is 0 Å². The molecule has 0 unspecified atom stereocenters. The summed E-state index contributed by atoms with van der Waals surface area (Å²) >= 11 is 0. The molecule has 1 aromatic carbocycles. The molecule has 0 saturated carbocycles. The molecular weight excluding hydrogens is 330 g/mol. The van der Waals surface area contributed by atoms with Crippen molar-refractivity contribution in [2.45, 2.75) is 18.9 Å². The number of aromatic nitrogens is 2. The minimum Gasteiger partial charge on any atom is -0.370 e. The Balaban J connectivity index is 1.77. The third-order valence-electron chi connectivity index (χ3n) is 4.84. The molecule has 1 aliphatic rings. The Labute approximate surface area is 153 Å². The second-order valence-electron chi connectivity index (χ2n) is 6.78. The minimum absolute atomic E-state index is 0.0500. The van der Waals surface area contributed by atoms with Gasteiger partial charge in [-0.05, 0) is 11.1 Å². The molecular formula is C19H25N5O2. The number of hydrogen-bond donors (Lipinski definition) is 2. The Morgan fingerprint density at radius 2 is 2.08 bits per heavy atom. The van der Waals surface area contributed by atoms with E-state index in [4.69, 9.17) is 5.73 Å². The average Bonchev–Trinajstić information content (AvgIpc) is 3.27. The molecule has 0 bridgehead atoms. The van der Waals surface area contributed by atoms with Crippen LogP contribution in [0.4, 0.5) is 0 Å². The number of nitrogens with two attached hydrogens (primary N) is 1. The number of rotatable bonds is 7. The van der Waals surface area contributed by atoms with E-state index >= 15 is 0 Å². The van der Waals surface area contributed by atoms with Crippen molar-refractivity contribution in [2.75, 3.05) is 19.6 Å². The van der Waals surface area contributed by atoms with Gasteiger partial charge in [0, 0.05) is 51.8 Å². The second-order valence-corrected chi connectivity index (χ2v) is 6.78. The van der Waals surface area contributed by atoms with Gasteiger partial charge in [-0.15, -0.1) is 0 Å². The fraction of sp³-hybridized carbons (Fsp3) is 0.421. The number of carbonyl (C=O) groups excluding carboxylic acids is 2. The van der Waals surface area contributed by atoms with Crippen molar-refractivity contribution < 1.29 is 9.59 Å². The van der Waals surface area contributed by atoms with E-state index in [1.807, 2.05) is 49.8 Å². The van der Waals surface area contributed by atoms with Gasteiger partial charge < -0.3 is 16.0 Å². The first-order valence-electron chi connectivity index (χ1n) is 8.85. The van der Waals surface area contributed by atoms with Crippen LogP contribution >= 0.6 is 0 Å². The van der Waals surface area contributed by atoms with Crippen molar-refractivity contribution in [1.29, 1.82) is 0 Å². The van der Waals surface area contributed by atoms with E-state index in [1.54, 1.807) is 9.58 Å². The Morgan fingerprint density at radius 1 is 1.31 bits per heavy atom. The highest BCUT2D eigenvalue weighted by Crippen LogP contribution is 2.29. The van der Waals surface area contributed by atoms with E-state index in [0.29, 0.717) is 19.6 Å². The molecule has 1 fully saturated rings. The number of aryl methyl sites for hydroxylation is 1. The SMILES string of the molecule is Cn1cc([C@H]2CNC[C@@H]2C(=O)N(CCC(N)=O)Cc2ccccc2)cn1. The zero-order chi connectivity index (χ0) is 18.5. The van der Waals surface area contributed by atoms with Crippen molar-refractivity contribution in [3.05, 3.63) is 53.9 Å². The van der Waals surface area contributed by atoms with Crippen LogP contribution in [0.2, 0.25) is 0 Å². The fourth-order valence-corrected chi connectivity index (χ4v) is 3.47. The summed E-state index contributed by atoms with van der Waals surface area (Å²) in [6.45, 7) is 2.18. The molecule has 138 valence electrons. The van der Waals surface area contributed by atoms with Gasteiger partial charge in [0.2, 0.25) is 11.8 Å². The molecule has 1 aliphatic heterocycles. The van der Waals surface area contributed by atoms with E-state index in [0.717, 1.165) is 17.7 Å². The molecule has 0 spiro atoms. The van der Waals surface area contributed by atoms with Crippen LogP contribution in [0.15, 0.2) is 42.7 Å². The maximum absolute atomic E-state index is 13.3. The normalized spacial score (nSPS) is 19.4. The topological polar surface area (TPSA) is 93.3 Å². The Kier molecular flexibility index (Phi) is 5.68. The maximum Gasteiger partial charge on any atom is 0.227 e. The molecule has 26 heavy (non-hydrogen) atoms. The highest BCUT2D eigenvalue weighted by atomic mass is 16.2. The smallest absolute Gasteiger partial charge is 0.227 e. The zero-order valence-corrected chi connectivity index (χ0v) is 15.0. The first-order valence-corrected chi connectivity index (χ1v) is 8.85. The largest absolute Gasteiger partial charge is 0.370 e. The van der Waals surface area contributed by atoms with E-state index < -0.39 is 5.91 Å². The molecule has 0 radical (unpaired) electrons. The lowest BCUT2D eigenvalue weighted by Gasteiger charge is -2.27. The third kappa shape index (κ3) is 4.29. The predicted octanol–water partition coefficient (Wildman–Crippen LogP) is 0.627. The second kappa shape index (κ2) is 8.14. The van der Waals surface area contributed by atoms with Gasteiger partial charge in [-0.3, -0.25) is 14.3 Å². The van der Waals surface area contributed by atoms with Crippen LogP contribution < -0.4 is 11.1 Å². The van der Waals surface area contributed by atoms with E-state index in [2.05, 4.69) is 10.4 Å². The van der Waals surface area contributed by atoms with Gasteiger partial charge in [-0.1, -0.05) is 30.3 Å². The summed E-state index contributed by atoms with van der Waals surface area (Å²) in [7, 11) is 1.87. The maximum atomic E-state index is 13.3. The van der Waals surface area contributed by atoms with Gasteiger partial charge in [-0.2, -0.15) is 5.10 Å². The van der Waals surface area contributed by atoms with Gasteiger partial charge in [0.1, 0.15) is 0 Å². The molecule has 1 saturated heterocycles. The Morgan fingerprint density at radius 3 is 2.73 bits per heavy atom. The van der Waals surface area contributed by atoms with Gasteiger partial charge in [-0.25, -0.2) is 0 Å². The van der Waals surface area contributed by atoms with Gasteiger partial charge >= 0.3 is 0 Å².